The second kappa shape index (κ2) is 5.05. The Hall–Kier alpha value is -1.46. The van der Waals surface area contributed by atoms with Crippen molar-refractivity contribution in [1.29, 1.82) is 0 Å². The molecule has 0 heterocycles. The topological polar surface area (TPSA) is 21.3 Å². The molecule has 1 unspecified atom stereocenters. The molecule has 0 spiro atoms. The lowest BCUT2D eigenvalue weighted by atomic mass is 10.1. The van der Waals surface area contributed by atoms with Crippen molar-refractivity contribution in [1.82, 2.24) is 5.32 Å². The third-order valence-corrected chi connectivity index (χ3v) is 3.06. The monoisotopic (exact) mass is 215 g/mol. The summed E-state index contributed by atoms with van der Waals surface area (Å²) in [6.07, 6.45) is 8.16. The molecule has 0 fully saturated rings. The van der Waals surface area contributed by atoms with Gasteiger partial charge in [0.25, 0.3) is 0 Å². The number of fused-ring (bicyclic) bond motifs is 1. The van der Waals surface area contributed by atoms with Crippen LogP contribution < -0.4 is 10.1 Å². The van der Waals surface area contributed by atoms with Gasteiger partial charge in [-0.25, -0.2) is 0 Å². The van der Waals surface area contributed by atoms with Gasteiger partial charge in [0.2, 0.25) is 0 Å². The van der Waals surface area contributed by atoms with Crippen molar-refractivity contribution in [3.63, 3.8) is 0 Å². The number of nitrogens with one attached hydrogen (secondary N) is 1. The first-order valence-corrected chi connectivity index (χ1v) is 5.71. The van der Waals surface area contributed by atoms with Gasteiger partial charge in [-0.2, -0.15) is 0 Å². The Morgan fingerprint density at radius 1 is 1.56 bits per heavy atom. The molecule has 2 rings (SSSR count). The van der Waals surface area contributed by atoms with E-state index >= 15 is 0 Å². The first kappa shape index (κ1) is 11.0. The molecule has 1 aromatic carbocycles. The van der Waals surface area contributed by atoms with Crippen LogP contribution in [0.15, 0.2) is 18.2 Å². The van der Waals surface area contributed by atoms with Crippen molar-refractivity contribution < 1.29 is 4.74 Å². The number of rotatable bonds is 4. The molecule has 84 valence electrons. The van der Waals surface area contributed by atoms with Crippen LogP contribution in [0.25, 0.3) is 0 Å². The van der Waals surface area contributed by atoms with Gasteiger partial charge in [0.05, 0.1) is 6.61 Å². The molecular weight excluding hydrogens is 198 g/mol. The molecular formula is C14H17NO. The molecule has 0 saturated carbocycles. The zero-order valence-corrected chi connectivity index (χ0v) is 9.62. The van der Waals surface area contributed by atoms with Gasteiger partial charge < -0.3 is 10.1 Å². The maximum atomic E-state index is 5.58. The number of hydrogen-bond donors (Lipinski definition) is 1. The fourth-order valence-corrected chi connectivity index (χ4v) is 2.21. The van der Waals surface area contributed by atoms with Crippen molar-refractivity contribution in [2.45, 2.75) is 25.3 Å². The highest BCUT2D eigenvalue weighted by Crippen LogP contribution is 2.33. The molecule has 1 aliphatic carbocycles. The summed E-state index contributed by atoms with van der Waals surface area (Å²) < 4.78 is 5.58. The number of benzene rings is 1. The molecule has 0 bridgehead atoms. The zero-order valence-electron chi connectivity index (χ0n) is 9.62. The Morgan fingerprint density at radius 2 is 2.44 bits per heavy atom. The average Bonchev–Trinajstić information content (AvgIpc) is 2.71. The minimum atomic E-state index is 0.509. The maximum Gasteiger partial charge on any atom is 0.119 e. The molecule has 16 heavy (non-hydrogen) atoms. The van der Waals surface area contributed by atoms with Crippen LogP contribution in [0.2, 0.25) is 0 Å². The van der Waals surface area contributed by atoms with Gasteiger partial charge in [-0.1, -0.05) is 6.07 Å². The number of hydrogen-bond acceptors (Lipinski definition) is 2. The highest BCUT2D eigenvalue weighted by molar-refractivity contribution is 5.40. The molecule has 0 saturated heterocycles. The van der Waals surface area contributed by atoms with Crippen LogP contribution in [-0.2, 0) is 6.42 Å². The second-order valence-corrected chi connectivity index (χ2v) is 4.04. The first-order valence-electron chi connectivity index (χ1n) is 5.71. The third kappa shape index (κ3) is 2.20. The van der Waals surface area contributed by atoms with Gasteiger partial charge in [-0.15, -0.1) is 12.3 Å². The van der Waals surface area contributed by atoms with E-state index in [2.05, 4.69) is 23.4 Å². The van der Waals surface area contributed by atoms with E-state index in [1.807, 2.05) is 13.1 Å². The Morgan fingerprint density at radius 3 is 3.19 bits per heavy atom. The Kier molecular flexibility index (Phi) is 3.48. The normalized spacial score (nSPS) is 17.9. The molecule has 1 N–H and O–H groups in total. The van der Waals surface area contributed by atoms with E-state index in [9.17, 15) is 0 Å². The first-order chi connectivity index (χ1) is 7.85. The van der Waals surface area contributed by atoms with Crippen molar-refractivity contribution in [2.24, 2.45) is 0 Å². The lowest BCUT2D eigenvalue weighted by molar-refractivity contribution is 0.327. The van der Waals surface area contributed by atoms with Crippen molar-refractivity contribution >= 4 is 0 Å². The summed E-state index contributed by atoms with van der Waals surface area (Å²) in [7, 11) is 2.01. The van der Waals surface area contributed by atoms with E-state index in [4.69, 9.17) is 11.2 Å². The summed E-state index contributed by atoms with van der Waals surface area (Å²) in [5.41, 5.74) is 2.81. The molecule has 2 nitrogen and oxygen atoms in total. The van der Waals surface area contributed by atoms with Gasteiger partial charge in [-0.3, -0.25) is 0 Å². The minimum absolute atomic E-state index is 0.509. The van der Waals surface area contributed by atoms with Crippen molar-refractivity contribution in [3.05, 3.63) is 29.3 Å². The summed E-state index contributed by atoms with van der Waals surface area (Å²) in [6.45, 7) is 0.602. The minimum Gasteiger partial charge on any atom is -0.493 e. The molecule has 0 radical (unpaired) electrons. The Labute approximate surface area is 97.0 Å². The van der Waals surface area contributed by atoms with Gasteiger partial charge in [0.15, 0.2) is 0 Å². The summed E-state index contributed by atoms with van der Waals surface area (Å²) in [5.74, 6) is 3.51. The summed E-state index contributed by atoms with van der Waals surface area (Å²) in [4.78, 5) is 0. The standard InChI is InChI=1S/C14H17NO/c1-3-4-9-16-12-6-7-13-11(10-12)5-8-14(13)15-2/h1,6-7,10,14-15H,4-5,8-9H2,2H3. The highest BCUT2D eigenvalue weighted by Gasteiger charge is 2.20. The van der Waals surface area contributed by atoms with E-state index in [0.717, 1.165) is 12.2 Å². The second-order valence-electron chi connectivity index (χ2n) is 4.04. The number of terminal acetylenes is 1. The SMILES string of the molecule is C#CCCOc1ccc2c(c1)CCC2NC. The molecule has 1 aliphatic rings. The Balaban J connectivity index is 2.07. The van der Waals surface area contributed by atoms with Crippen LogP contribution in [-0.4, -0.2) is 13.7 Å². The molecule has 1 aromatic rings. The molecule has 0 amide bonds. The van der Waals surface area contributed by atoms with E-state index in [-0.39, 0.29) is 0 Å². The van der Waals surface area contributed by atoms with Crippen LogP contribution >= 0.6 is 0 Å². The average molecular weight is 215 g/mol. The Bertz CT molecular complexity index is 406. The lowest BCUT2D eigenvalue weighted by Crippen LogP contribution is -2.12. The van der Waals surface area contributed by atoms with E-state index in [1.54, 1.807) is 0 Å². The van der Waals surface area contributed by atoms with E-state index in [1.165, 1.54) is 17.5 Å². The van der Waals surface area contributed by atoms with Gasteiger partial charge in [0, 0.05) is 12.5 Å². The zero-order chi connectivity index (χ0) is 11.4. The maximum absolute atomic E-state index is 5.58. The van der Waals surface area contributed by atoms with E-state index < -0.39 is 0 Å². The van der Waals surface area contributed by atoms with Crippen LogP contribution in [0.1, 0.15) is 30.0 Å². The fraction of sp³-hybridized carbons (Fsp3) is 0.429. The number of aryl methyl sites for hydroxylation is 1. The summed E-state index contributed by atoms with van der Waals surface area (Å²) >= 11 is 0. The van der Waals surface area contributed by atoms with Crippen LogP contribution in [0.5, 0.6) is 5.75 Å². The summed E-state index contributed by atoms with van der Waals surface area (Å²) in [5, 5.41) is 3.32. The molecule has 0 aromatic heterocycles. The predicted octanol–water partition coefficient (Wildman–Crippen LogP) is 2.30. The van der Waals surface area contributed by atoms with Gasteiger partial charge in [-0.05, 0) is 43.1 Å². The molecule has 2 heteroatoms. The van der Waals surface area contributed by atoms with Crippen LogP contribution in [0.3, 0.4) is 0 Å². The van der Waals surface area contributed by atoms with Crippen LogP contribution in [0, 0.1) is 12.3 Å². The van der Waals surface area contributed by atoms with Gasteiger partial charge >= 0.3 is 0 Å². The number of ether oxygens (including phenoxy) is 1. The largest absolute Gasteiger partial charge is 0.493 e. The molecule has 0 aliphatic heterocycles. The third-order valence-electron chi connectivity index (χ3n) is 3.06. The highest BCUT2D eigenvalue weighted by atomic mass is 16.5. The van der Waals surface area contributed by atoms with E-state index in [0.29, 0.717) is 19.1 Å². The van der Waals surface area contributed by atoms with Crippen molar-refractivity contribution in [3.8, 4) is 18.1 Å². The smallest absolute Gasteiger partial charge is 0.119 e. The van der Waals surface area contributed by atoms with Gasteiger partial charge in [0.1, 0.15) is 5.75 Å². The van der Waals surface area contributed by atoms with Crippen molar-refractivity contribution in [2.75, 3.05) is 13.7 Å². The lowest BCUT2D eigenvalue weighted by Gasteiger charge is -2.11. The quantitative estimate of drug-likeness (QED) is 0.614. The van der Waals surface area contributed by atoms with Crippen LogP contribution in [0.4, 0.5) is 0 Å². The fourth-order valence-electron chi connectivity index (χ4n) is 2.21. The molecule has 1 atom stereocenters. The summed E-state index contributed by atoms with van der Waals surface area (Å²) in [6, 6.07) is 6.85. The predicted molar refractivity (Wildman–Crippen MR) is 65.5 cm³/mol.